The van der Waals surface area contributed by atoms with Gasteiger partial charge in [-0.2, -0.15) is 5.26 Å². The Hall–Kier alpha value is -1.79. The van der Waals surface area contributed by atoms with Crippen LogP contribution in [0.25, 0.3) is 0 Å². The van der Waals surface area contributed by atoms with E-state index in [0.29, 0.717) is 5.92 Å². The average Bonchev–Trinajstić information content (AvgIpc) is 3.06. The Labute approximate surface area is 196 Å². The summed E-state index contributed by atoms with van der Waals surface area (Å²) in [6.07, 6.45) is 8.96. The zero-order valence-electron chi connectivity index (χ0n) is 21.4. The first-order chi connectivity index (χ1) is 14.8. The molecule has 0 heterocycles. The van der Waals surface area contributed by atoms with Crippen LogP contribution in [-0.2, 0) is 10.3 Å². The van der Waals surface area contributed by atoms with Crippen molar-refractivity contribution in [3.8, 4) is 6.07 Å². The lowest BCUT2D eigenvalue weighted by Gasteiger charge is -2.50. The van der Waals surface area contributed by atoms with Gasteiger partial charge in [0.1, 0.15) is 5.60 Å². The van der Waals surface area contributed by atoms with Crippen molar-refractivity contribution >= 4 is 8.07 Å². The van der Waals surface area contributed by atoms with E-state index in [1.165, 1.54) is 23.6 Å². The molecule has 1 aromatic rings. The van der Waals surface area contributed by atoms with Gasteiger partial charge in [0.05, 0.1) is 25.3 Å². The maximum atomic E-state index is 10.0. The van der Waals surface area contributed by atoms with E-state index < -0.39 is 13.5 Å². The molecule has 4 rings (SSSR count). The van der Waals surface area contributed by atoms with Gasteiger partial charge in [-0.15, -0.1) is 0 Å². The molecule has 3 heteroatoms. The van der Waals surface area contributed by atoms with Crippen LogP contribution in [-0.4, -0.2) is 8.07 Å². The van der Waals surface area contributed by atoms with E-state index in [1.807, 2.05) is 0 Å². The number of nitrogens with zero attached hydrogens (tertiary/aromatic N) is 1. The molecule has 0 saturated heterocycles. The van der Waals surface area contributed by atoms with E-state index in [9.17, 15) is 5.26 Å². The first kappa shape index (κ1) is 23.4. The monoisotopic (exact) mass is 447 g/mol. The normalized spacial score (nSPS) is 34.0. The zero-order valence-corrected chi connectivity index (χ0v) is 22.4. The van der Waals surface area contributed by atoms with E-state index in [1.54, 1.807) is 0 Å². The van der Waals surface area contributed by atoms with Crippen LogP contribution >= 0.6 is 0 Å². The van der Waals surface area contributed by atoms with E-state index in [4.69, 9.17) is 4.74 Å². The van der Waals surface area contributed by atoms with Gasteiger partial charge in [0.15, 0.2) is 0 Å². The number of hydrogen-bond donors (Lipinski definition) is 0. The minimum atomic E-state index is -1.54. The third-order valence-corrected chi connectivity index (χ3v) is 11.9. The van der Waals surface area contributed by atoms with Crippen LogP contribution < -0.4 is 0 Å². The summed E-state index contributed by atoms with van der Waals surface area (Å²) in [5.74, 6) is 1.96. The Bertz CT molecular complexity index is 990. The molecule has 3 aliphatic rings. The molecular weight excluding hydrogens is 406 g/mol. The topological polar surface area (TPSA) is 33.0 Å². The SMILES string of the molecule is CC(C)(C#N)[C@@H]1CC(O[C@]2(c3ccccc3)C[C@H]3CC[C@]2(C)C3(C)C)=CC=C1[Si](C)(C)C. The Morgan fingerprint density at radius 2 is 1.72 bits per heavy atom. The van der Waals surface area contributed by atoms with Crippen molar-refractivity contribution in [2.24, 2.45) is 28.1 Å². The second-order valence-corrected chi connectivity index (χ2v) is 18.0. The molecule has 2 bridgehead atoms. The van der Waals surface area contributed by atoms with Gasteiger partial charge in [-0.1, -0.05) is 82.0 Å². The number of rotatable bonds is 5. The average molecular weight is 448 g/mol. The summed E-state index contributed by atoms with van der Waals surface area (Å²) in [4.78, 5) is 0. The number of benzene rings is 1. The van der Waals surface area contributed by atoms with Crippen LogP contribution in [0.4, 0.5) is 0 Å². The van der Waals surface area contributed by atoms with E-state index in [0.717, 1.165) is 18.6 Å². The molecule has 32 heavy (non-hydrogen) atoms. The van der Waals surface area contributed by atoms with Crippen LogP contribution in [0.1, 0.15) is 65.9 Å². The van der Waals surface area contributed by atoms with Crippen molar-refractivity contribution in [3.05, 3.63) is 59.0 Å². The molecule has 0 N–H and O–H groups in total. The maximum Gasteiger partial charge on any atom is 0.140 e. The van der Waals surface area contributed by atoms with Crippen molar-refractivity contribution in [2.45, 2.75) is 85.5 Å². The fraction of sp³-hybridized carbons (Fsp3) is 0.621. The number of fused-ring (bicyclic) bond motifs is 2. The lowest BCUT2D eigenvalue weighted by Crippen LogP contribution is -2.47. The molecule has 1 aromatic carbocycles. The summed E-state index contributed by atoms with van der Waals surface area (Å²) in [5, 5.41) is 11.5. The van der Waals surface area contributed by atoms with Gasteiger partial charge in [0.2, 0.25) is 0 Å². The predicted molar refractivity (Wildman–Crippen MR) is 135 cm³/mol. The largest absolute Gasteiger partial charge is 0.486 e. The molecule has 0 spiro atoms. The van der Waals surface area contributed by atoms with Crippen LogP contribution in [0.15, 0.2) is 53.4 Å². The summed E-state index contributed by atoms with van der Waals surface area (Å²) >= 11 is 0. The first-order valence-corrected chi connectivity index (χ1v) is 15.9. The molecule has 0 aliphatic heterocycles. The van der Waals surface area contributed by atoms with Crippen molar-refractivity contribution < 1.29 is 4.74 Å². The smallest absolute Gasteiger partial charge is 0.140 e. The Balaban J connectivity index is 1.79. The maximum absolute atomic E-state index is 10.0. The molecule has 172 valence electrons. The molecule has 0 radical (unpaired) electrons. The van der Waals surface area contributed by atoms with Gasteiger partial charge in [0, 0.05) is 17.8 Å². The summed E-state index contributed by atoms with van der Waals surface area (Å²) in [7, 11) is -1.54. The van der Waals surface area contributed by atoms with Gasteiger partial charge in [0.25, 0.3) is 0 Å². The van der Waals surface area contributed by atoms with Crippen molar-refractivity contribution in [2.75, 3.05) is 0 Å². The van der Waals surface area contributed by atoms with E-state index >= 15 is 0 Å². The van der Waals surface area contributed by atoms with Crippen molar-refractivity contribution in [3.63, 3.8) is 0 Å². The zero-order chi connectivity index (χ0) is 23.6. The molecule has 0 unspecified atom stereocenters. The highest BCUT2D eigenvalue weighted by Gasteiger charge is 2.71. The van der Waals surface area contributed by atoms with E-state index in [-0.39, 0.29) is 22.3 Å². The molecular formula is C29H41NOSi. The molecule has 3 aliphatic carbocycles. The number of nitriles is 1. The first-order valence-electron chi connectivity index (χ1n) is 12.4. The molecule has 2 saturated carbocycles. The molecule has 2 nitrogen and oxygen atoms in total. The summed E-state index contributed by atoms with van der Waals surface area (Å²) in [6.45, 7) is 18.8. The van der Waals surface area contributed by atoms with Crippen molar-refractivity contribution in [1.29, 1.82) is 5.26 Å². The van der Waals surface area contributed by atoms with Gasteiger partial charge in [-0.25, -0.2) is 0 Å². The van der Waals surface area contributed by atoms with Crippen LogP contribution in [0, 0.1) is 39.4 Å². The lowest BCUT2D eigenvalue weighted by molar-refractivity contribution is -0.120. The van der Waals surface area contributed by atoms with Crippen LogP contribution in [0.2, 0.25) is 19.6 Å². The van der Waals surface area contributed by atoms with Crippen molar-refractivity contribution in [1.82, 2.24) is 0 Å². The summed E-state index contributed by atoms with van der Waals surface area (Å²) in [5.41, 5.74) is 0.915. The highest BCUT2D eigenvalue weighted by Crippen LogP contribution is 2.74. The van der Waals surface area contributed by atoms with Crippen LogP contribution in [0.5, 0.6) is 0 Å². The van der Waals surface area contributed by atoms with E-state index in [2.05, 4.69) is 103 Å². The quantitative estimate of drug-likeness (QED) is 0.428. The minimum Gasteiger partial charge on any atom is -0.486 e. The van der Waals surface area contributed by atoms with Gasteiger partial charge in [-0.05, 0) is 56.1 Å². The lowest BCUT2D eigenvalue weighted by atomic mass is 9.62. The molecule has 4 atom stereocenters. The number of ether oxygens (including phenoxy) is 1. The van der Waals surface area contributed by atoms with Crippen LogP contribution in [0.3, 0.4) is 0 Å². The minimum absolute atomic E-state index is 0.0792. The fourth-order valence-electron chi connectivity index (χ4n) is 7.08. The second-order valence-electron chi connectivity index (χ2n) is 12.9. The fourth-order valence-corrected chi connectivity index (χ4v) is 9.17. The Morgan fingerprint density at radius 3 is 2.22 bits per heavy atom. The predicted octanol–water partition coefficient (Wildman–Crippen LogP) is 8.00. The number of hydrogen-bond acceptors (Lipinski definition) is 2. The standard InChI is InChI=1S/C29H41NOSi/c1-26(2,20-30)24-18-23(14-15-25(24)32(6,7)8)31-29(21-12-10-9-11-13-21)19-22-16-17-28(29,5)27(22,3)4/h9-15,22,24H,16-19H2,1-8H3/t22-,24-,28-,29+/m1/s1. The highest BCUT2D eigenvalue weighted by molar-refractivity contribution is 6.83. The van der Waals surface area contributed by atoms with Gasteiger partial charge in [-0.3, -0.25) is 0 Å². The highest BCUT2D eigenvalue weighted by atomic mass is 28.3. The Morgan fingerprint density at radius 1 is 1.06 bits per heavy atom. The summed E-state index contributed by atoms with van der Waals surface area (Å²) < 4.78 is 7.25. The van der Waals surface area contributed by atoms with Gasteiger partial charge >= 0.3 is 0 Å². The molecule has 0 amide bonds. The van der Waals surface area contributed by atoms with Gasteiger partial charge < -0.3 is 4.74 Å². The molecule has 2 fully saturated rings. The third kappa shape index (κ3) is 3.25. The molecule has 0 aromatic heterocycles. The Kier molecular flexibility index (Phi) is 5.37. The number of allylic oxidation sites excluding steroid dienone is 4. The second kappa shape index (κ2) is 7.36. The summed E-state index contributed by atoms with van der Waals surface area (Å²) in [6, 6.07) is 13.6. The third-order valence-electron chi connectivity index (χ3n) is 9.66.